The summed E-state index contributed by atoms with van der Waals surface area (Å²) in [6.07, 6.45) is 2.88. The number of benzene rings is 2. The number of anilines is 3. The van der Waals surface area contributed by atoms with Gasteiger partial charge in [0.2, 0.25) is 0 Å². The molecule has 3 rings (SSSR count). The highest BCUT2D eigenvalue weighted by Gasteiger charge is 2.10. The molecule has 0 spiro atoms. The Hall–Kier alpha value is -3.28. The average molecular weight is 350 g/mol. The van der Waals surface area contributed by atoms with Crippen LogP contribution in [0.5, 0.6) is 0 Å². The number of rotatable bonds is 4. The van der Waals surface area contributed by atoms with Gasteiger partial charge >= 0.3 is 0 Å². The van der Waals surface area contributed by atoms with E-state index in [0.29, 0.717) is 11.5 Å². The molecule has 132 valence electrons. The van der Waals surface area contributed by atoms with Crippen LogP contribution in [-0.4, -0.2) is 15.9 Å². The SMILES string of the molecule is Cc1cc(C)c(Nc2cnc(C(=O)Nc3cccc(F)c3)cn2)c(C)c1. The number of aryl methyl sites for hydroxylation is 3. The molecule has 26 heavy (non-hydrogen) atoms. The second-order valence-corrected chi connectivity index (χ2v) is 6.15. The van der Waals surface area contributed by atoms with Gasteiger partial charge in [0.1, 0.15) is 17.3 Å². The van der Waals surface area contributed by atoms with Crippen LogP contribution in [-0.2, 0) is 0 Å². The molecule has 3 aromatic rings. The summed E-state index contributed by atoms with van der Waals surface area (Å²) in [5.74, 6) is -0.322. The average Bonchev–Trinajstić information content (AvgIpc) is 2.58. The van der Waals surface area contributed by atoms with Gasteiger partial charge in [-0.05, 0) is 50.1 Å². The number of nitrogens with zero attached hydrogens (tertiary/aromatic N) is 2. The molecule has 0 aliphatic rings. The molecular formula is C20H19FN4O. The fraction of sp³-hybridized carbons (Fsp3) is 0.150. The van der Waals surface area contributed by atoms with E-state index in [0.717, 1.165) is 16.8 Å². The summed E-state index contributed by atoms with van der Waals surface area (Å²) in [6.45, 7) is 6.10. The van der Waals surface area contributed by atoms with Crippen molar-refractivity contribution in [3.05, 3.63) is 77.0 Å². The lowest BCUT2D eigenvalue weighted by molar-refractivity contribution is 0.102. The van der Waals surface area contributed by atoms with Gasteiger partial charge in [0.25, 0.3) is 5.91 Å². The van der Waals surface area contributed by atoms with Crippen LogP contribution in [0.2, 0.25) is 0 Å². The predicted octanol–water partition coefficient (Wildman–Crippen LogP) is 4.54. The van der Waals surface area contributed by atoms with E-state index in [9.17, 15) is 9.18 Å². The molecule has 5 nitrogen and oxygen atoms in total. The van der Waals surface area contributed by atoms with Gasteiger partial charge in [0, 0.05) is 11.4 Å². The van der Waals surface area contributed by atoms with Crippen LogP contribution < -0.4 is 10.6 Å². The molecule has 0 saturated heterocycles. The lowest BCUT2D eigenvalue weighted by Crippen LogP contribution is -2.14. The van der Waals surface area contributed by atoms with Crippen molar-refractivity contribution < 1.29 is 9.18 Å². The van der Waals surface area contributed by atoms with Crippen molar-refractivity contribution in [3.63, 3.8) is 0 Å². The summed E-state index contributed by atoms with van der Waals surface area (Å²) >= 11 is 0. The Morgan fingerprint density at radius 1 is 1.00 bits per heavy atom. The molecule has 0 radical (unpaired) electrons. The van der Waals surface area contributed by atoms with Gasteiger partial charge < -0.3 is 10.6 Å². The van der Waals surface area contributed by atoms with Crippen LogP contribution in [0.15, 0.2) is 48.8 Å². The molecule has 0 unspecified atom stereocenters. The van der Waals surface area contributed by atoms with Gasteiger partial charge in [0.15, 0.2) is 0 Å². The van der Waals surface area contributed by atoms with E-state index in [-0.39, 0.29) is 5.69 Å². The fourth-order valence-electron chi connectivity index (χ4n) is 2.78. The summed E-state index contributed by atoms with van der Waals surface area (Å²) in [5, 5.41) is 5.83. The van der Waals surface area contributed by atoms with Crippen LogP contribution in [0.1, 0.15) is 27.2 Å². The Morgan fingerprint density at radius 2 is 1.73 bits per heavy atom. The number of halogens is 1. The molecular weight excluding hydrogens is 331 g/mol. The molecule has 0 fully saturated rings. The first-order chi connectivity index (χ1) is 12.4. The second kappa shape index (κ2) is 7.31. The predicted molar refractivity (Wildman–Crippen MR) is 100 cm³/mol. The van der Waals surface area contributed by atoms with Gasteiger partial charge in [0.05, 0.1) is 12.4 Å². The highest BCUT2D eigenvalue weighted by molar-refractivity contribution is 6.02. The number of nitrogens with one attached hydrogen (secondary N) is 2. The molecule has 0 atom stereocenters. The van der Waals surface area contributed by atoms with E-state index >= 15 is 0 Å². The minimum absolute atomic E-state index is 0.150. The molecule has 1 heterocycles. The van der Waals surface area contributed by atoms with Gasteiger partial charge in [-0.15, -0.1) is 0 Å². The van der Waals surface area contributed by atoms with Crippen molar-refractivity contribution in [2.45, 2.75) is 20.8 Å². The Balaban J connectivity index is 1.73. The monoisotopic (exact) mass is 350 g/mol. The minimum atomic E-state index is -0.447. The van der Waals surface area contributed by atoms with E-state index in [1.165, 1.54) is 36.2 Å². The third-order valence-electron chi connectivity index (χ3n) is 3.90. The molecule has 0 aliphatic heterocycles. The van der Waals surface area contributed by atoms with Crippen molar-refractivity contribution in [1.29, 1.82) is 0 Å². The summed E-state index contributed by atoms with van der Waals surface area (Å²) in [6, 6.07) is 9.85. The Bertz CT molecular complexity index is 931. The summed E-state index contributed by atoms with van der Waals surface area (Å²) < 4.78 is 13.2. The van der Waals surface area contributed by atoms with Crippen LogP contribution in [0.3, 0.4) is 0 Å². The maximum Gasteiger partial charge on any atom is 0.275 e. The largest absolute Gasteiger partial charge is 0.339 e. The van der Waals surface area contributed by atoms with E-state index in [1.807, 2.05) is 13.8 Å². The smallest absolute Gasteiger partial charge is 0.275 e. The van der Waals surface area contributed by atoms with Crippen LogP contribution in [0, 0.1) is 26.6 Å². The van der Waals surface area contributed by atoms with Crippen LogP contribution in [0.4, 0.5) is 21.6 Å². The van der Waals surface area contributed by atoms with E-state index < -0.39 is 11.7 Å². The first kappa shape index (κ1) is 17.5. The maximum atomic E-state index is 13.2. The molecule has 1 amide bonds. The van der Waals surface area contributed by atoms with Crippen LogP contribution in [0.25, 0.3) is 0 Å². The van der Waals surface area contributed by atoms with Gasteiger partial charge in [-0.3, -0.25) is 4.79 Å². The Kier molecular flexibility index (Phi) is 4.93. The molecule has 0 bridgehead atoms. The maximum absolute atomic E-state index is 13.2. The fourth-order valence-corrected chi connectivity index (χ4v) is 2.78. The topological polar surface area (TPSA) is 66.9 Å². The summed E-state index contributed by atoms with van der Waals surface area (Å²) in [7, 11) is 0. The zero-order chi connectivity index (χ0) is 18.7. The van der Waals surface area contributed by atoms with Gasteiger partial charge in [-0.1, -0.05) is 23.8 Å². The highest BCUT2D eigenvalue weighted by atomic mass is 19.1. The molecule has 2 aromatic carbocycles. The number of amides is 1. The lowest BCUT2D eigenvalue weighted by atomic mass is 10.1. The number of aromatic nitrogens is 2. The number of hydrogen-bond donors (Lipinski definition) is 2. The molecule has 2 N–H and O–H groups in total. The van der Waals surface area contributed by atoms with E-state index in [4.69, 9.17) is 0 Å². The summed E-state index contributed by atoms with van der Waals surface area (Å²) in [4.78, 5) is 20.6. The quantitative estimate of drug-likeness (QED) is 0.725. The highest BCUT2D eigenvalue weighted by Crippen LogP contribution is 2.24. The van der Waals surface area contributed by atoms with E-state index in [2.05, 4.69) is 39.7 Å². The minimum Gasteiger partial charge on any atom is -0.339 e. The molecule has 0 aliphatic carbocycles. The second-order valence-electron chi connectivity index (χ2n) is 6.15. The number of carbonyl (C=O) groups excluding carboxylic acids is 1. The van der Waals surface area contributed by atoms with Crippen molar-refractivity contribution in [3.8, 4) is 0 Å². The van der Waals surface area contributed by atoms with Crippen molar-refractivity contribution >= 4 is 23.1 Å². The van der Waals surface area contributed by atoms with Crippen molar-refractivity contribution in [2.24, 2.45) is 0 Å². The van der Waals surface area contributed by atoms with E-state index in [1.54, 1.807) is 6.07 Å². The van der Waals surface area contributed by atoms with Crippen molar-refractivity contribution in [1.82, 2.24) is 9.97 Å². The standard InChI is InChI=1S/C20H19FN4O/c1-12-7-13(2)19(14(3)8-12)25-18-11-22-17(10-23-18)20(26)24-16-6-4-5-15(21)9-16/h4-11H,1-3H3,(H,23,25)(H,24,26). The number of hydrogen-bond acceptors (Lipinski definition) is 4. The first-order valence-corrected chi connectivity index (χ1v) is 8.16. The number of carbonyl (C=O) groups is 1. The summed E-state index contributed by atoms with van der Waals surface area (Å²) in [5.41, 5.74) is 4.90. The molecule has 0 saturated carbocycles. The van der Waals surface area contributed by atoms with Gasteiger partial charge in [-0.2, -0.15) is 0 Å². The van der Waals surface area contributed by atoms with Gasteiger partial charge in [-0.25, -0.2) is 14.4 Å². The molecule has 1 aromatic heterocycles. The third-order valence-corrected chi connectivity index (χ3v) is 3.90. The third kappa shape index (κ3) is 4.03. The Labute approximate surface area is 151 Å². The first-order valence-electron chi connectivity index (χ1n) is 8.16. The Morgan fingerprint density at radius 3 is 2.35 bits per heavy atom. The van der Waals surface area contributed by atoms with Crippen LogP contribution >= 0.6 is 0 Å². The molecule has 6 heteroatoms. The van der Waals surface area contributed by atoms with Crippen molar-refractivity contribution in [2.75, 3.05) is 10.6 Å². The zero-order valence-corrected chi connectivity index (χ0v) is 14.8. The zero-order valence-electron chi connectivity index (χ0n) is 14.8. The normalized spacial score (nSPS) is 10.5. The lowest BCUT2D eigenvalue weighted by Gasteiger charge is -2.13.